The molecule has 8 heteroatoms. The lowest BCUT2D eigenvalue weighted by Crippen LogP contribution is -2.40. The molecule has 0 aromatic carbocycles. The second-order valence-corrected chi connectivity index (χ2v) is 5.72. The first-order valence-corrected chi connectivity index (χ1v) is 8.31. The molecule has 7 nitrogen and oxygen atoms in total. The van der Waals surface area contributed by atoms with Crippen molar-refractivity contribution in [2.45, 2.75) is 38.6 Å². The van der Waals surface area contributed by atoms with Crippen LogP contribution >= 0.6 is 0 Å². The zero-order valence-electron chi connectivity index (χ0n) is 13.9. The van der Waals surface area contributed by atoms with Crippen molar-refractivity contribution in [3.63, 3.8) is 0 Å². The summed E-state index contributed by atoms with van der Waals surface area (Å²) in [6.45, 7) is 1.37. The van der Waals surface area contributed by atoms with Gasteiger partial charge in [0.05, 0.1) is 6.20 Å². The Morgan fingerprint density at radius 2 is 1.76 bits per heavy atom. The number of amides is 1. The number of hydrogen-bond acceptors (Lipinski definition) is 3. The minimum atomic E-state index is -1.17. The van der Waals surface area contributed by atoms with E-state index >= 15 is 0 Å². The van der Waals surface area contributed by atoms with E-state index in [4.69, 9.17) is 0 Å². The van der Waals surface area contributed by atoms with Crippen LogP contribution in [-0.2, 0) is 6.54 Å². The number of aromatic nitrogens is 3. The maximum Gasteiger partial charge on any atom is 0.336 e. The number of pyridine rings is 1. The average molecular weight is 349 g/mol. The van der Waals surface area contributed by atoms with Gasteiger partial charge in [0.15, 0.2) is 12.4 Å². The highest BCUT2D eigenvalue weighted by Crippen LogP contribution is 2.02. The summed E-state index contributed by atoms with van der Waals surface area (Å²) in [7, 11) is 0. The summed E-state index contributed by atoms with van der Waals surface area (Å²) in [5.74, 6) is -1.17. The normalized spacial score (nSPS) is 10.6. The minimum absolute atomic E-state index is 0.388. The van der Waals surface area contributed by atoms with Crippen molar-refractivity contribution in [3.8, 4) is 0 Å². The Labute approximate surface area is 144 Å². The molecular weight excluding hydrogens is 327 g/mol. The predicted molar refractivity (Wildman–Crippen MR) is 89.8 cm³/mol. The fourth-order valence-electron chi connectivity index (χ4n) is 2.41. The van der Waals surface area contributed by atoms with Crippen LogP contribution in [0.4, 0.5) is 9.18 Å². The van der Waals surface area contributed by atoms with Crippen molar-refractivity contribution in [1.29, 1.82) is 0 Å². The first-order valence-electron chi connectivity index (χ1n) is 8.31. The van der Waals surface area contributed by atoms with Gasteiger partial charge in [-0.25, -0.2) is 18.7 Å². The van der Waals surface area contributed by atoms with Gasteiger partial charge in [-0.05, 0) is 12.8 Å². The van der Waals surface area contributed by atoms with Crippen molar-refractivity contribution in [2.24, 2.45) is 0 Å². The Hall–Kier alpha value is -2.77. The lowest BCUT2D eigenvalue weighted by molar-refractivity contribution is -0.697. The van der Waals surface area contributed by atoms with Gasteiger partial charge in [-0.3, -0.25) is 9.78 Å². The van der Waals surface area contributed by atoms with Crippen LogP contribution in [0.1, 0.15) is 32.1 Å². The molecule has 0 radical (unpaired) electrons. The van der Waals surface area contributed by atoms with Crippen molar-refractivity contribution >= 4 is 6.03 Å². The molecular formula is C17H22FN4O3+. The molecule has 2 heterocycles. The van der Waals surface area contributed by atoms with E-state index in [1.54, 1.807) is 4.98 Å². The van der Waals surface area contributed by atoms with Crippen LogP contribution in [0.15, 0.2) is 46.4 Å². The smallest absolute Gasteiger partial charge is 0.336 e. The van der Waals surface area contributed by atoms with E-state index in [1.807, 2.05) is 30.6 Å². The van der Waals surface area contributed by atoms with Gasteiger partial charge in [0.25, 0.3) is 5.56 Å². The summed E-state index contributed by atoms with van der Waals surface area (Å²) in [5.41, 5.74) is -2.09. The van der Waals surface area contributed by atoms with Crippen molar-refractivity contribution < 1.29 is 13.8 Å². The van der Waals surface area contributed by atoms with E-state index in [2.05, 4.69) is 9.88 Å². The summed E-state index contributed by atoms with van der Waals surface area (Å²) in [6, 6.07) is 5.24. The lowest BCUT2D eigenvalue weighted by Gasteiger charge is -2.06. The Morgan fingerprint density at radius 1 is 1.08 bits per heavy atom. The van der Waals surface area contributed by atoms with E-state index < -0.39 is 23.1 Å². The zero-order valence-corrected chi connectivity index (χ0v) is 13.9. The number of carbonyl (C=O) groups is 1. The first kappa shape index (κ1) is 18.6. The summed E-state index contributed by atoms with van der Waals surface area (Å²) in [4.78, 5) is 35.9. The predicted octanol–water partition coefficient (Wildman–Crippen LogP) is 1.17. The van der Waals surface area contributed by atoms with E-state index in [0.717, 1.165) is 38.6 Å². The third kappa shape index (κ3) is 5.98. The standard InChI is InChI=1S/C17H21FN4O3/c18-14-13-22(17(25)20-15(14)23)16(24)19-9-5-2-1-3-6-10-21-11-7-4-8-12-21/h4,7-8,11-13H,1-3,5-6,9-10H2,(H-,19,20,23,24,25)/p+1. The first-order chi connectivity index (χ1) is 12.1. The largest absolute Gasteiger partial charge is 0.337 e. The maximum absolute atomic E-state index is 13.1. The summed E-state index contributed by atoms with van der Waals surface area (Å²) in [5, 5.41) is 2.53. The summed E-state index contributed by atoms with van der Waals surface area (Å²) in [6.07, 6.45) is 9.63. The molecule has 0 atom stereocenters. The van der Waals surface area contributed by atoms with Gasteiger partial charge in [0.2, 0.25) is 5.82 Å². The number of H-pyrrole nitrogens is 1. The van der Waals surface area contributed by atoms with Crippen molar-refractivity contribution in [1.82, 2.24) is 14.9 Å². The molecule has 2 rings (SSSR count). The number of unbranched alkanes of at least 4 members (excludes halogenated alkanes) is 4. The highest BCUT2D eigenvalue weighted by molar-refractivity contribution is 5.76. The molecule has 2 aromatic rings. The molecule has 0 spiro atoms. The Balaban J connectivity index is 1.60. The Morgan fingerprint density at radius 3 is 2.52 bits per heavy atom. The van der Waals surface area contributed by atoms with E-state index in [9.17, 15) is 18.8 Å². The van der Waals surface area contributed by atoms with Crippen molar-refractivity contribution in [2.75, 3.05) is 6.54 Å². The number of hydrogen-bond donors (Lipinski definition) is 2. The van der Waals surface area contributed by atoms with Crippen LogP contribution in [0, 0.1) is 5.82 Å². The molecule has 134 valence electrons. The van der Waals surface area contributed by atoms with Crippen LogP contribution in [0.3, 0.4) is 0 Å². The average Bonchev–Trinajstić information content (AvgIpc) is 2.61. The number of carbonyl (C=O) groups excluding carboxylic acids is 1. The third-order valence-corrected chi connectivity index (χ3v) is 3.76. The van der Waals surface area contributed by atoms with Crippen LogP contribution in [0.5, 0.6) is 0 Å². The van der Waals surface area contributed by atoms with Crippen LogP contribution in [0.25, 0.3) is 0 Å². The highest BCUT2D eigenvalue weighted by atomic mass is 19.1. The zero-order chi connectivity index (χ0) is 18.1. The highest BCUT2D eigenvalue weighted by Gasteiger charge is 2.10. The molecule has 0 aliphatic rings. The molecule has 0 aliphatic carbocycles. The second-order valence-electron chi connectivity index (χ2n) is 5.72. The quantitative estimate of drug-likeness (QED) is 0.554. The maximum atomic E-state index is 13.1. The second kappa shape index (κ2) is 9.51. The van der Waals surface area contributed by atoms with Gasteiger partial charge in [0.1, 0.15) is 6.54 Å². The molecule has 0 saturated carbocycles. The number of rotatable bonds is 8. The molecule has 0 bridgehead atoms. The van der Waals surface area contributed by atoms with Gasteiger partial charge in [0, 0.05) is 25.1 Å². The summed E-state index contributed by atoms with van der Waals surface area (Å²) < 4.78 is 15.8. The number of nitrogens with one attached hydrogen (secondary N) is 2. The van der Waals surface area contributed by atoms with Gasteiger partial charge in [-0.2, -0.15) is 4.39 Å². The van der Waals surface area contributed by atoms with Crippen LogP contribution < -0.4 is 21.1 Å². The molecule has 2 N–H and O–H groups in total. The SMILES string of the molecule is O=C(NCCCCCCC[n+]1ccccc1)n1cc(F)c(=O)[nH]c1=O. The molecule has 1 amide bonds. The lowest BCUT2D eigenvalue weighted by atomic mass is 10.1. The monoisotopic (exact) mass is 349 g/mol. The summed E-state index contributed by atoms with van der Waals surface area (Å²) >= 11 is 0. The van der Waals surface area contributed by atoms with E-state index in [1.165, 1.54) is 0 Å². The molecule has 2 aromatic heterocycles. The topological polar surface area (TPSA) is 87.8 Å². The molecule has 0 unspecified atom stereocenters. The van der Waals surface area contributed by atoms with Crippen LogP contribution in [-0.4, -0.2) is 22.1 Å². The molecule has 0 fully saturated rings. The van der Waals surface area contributed by atoms with Crippen LogP contribution in [0.2, 0.25) is 0 Å². The van der Waals surface area contributed by atoms with Gasteiger partial charge < -0.3 is 5.32 Å². The van der Waals surface area contributed by atoms with Gasteiger partial charge in [-0.1, -0.05) is 18.9 Å². The van der Waals surface area contributed by atoms with Gasteiger partial charge >= 0.3 is 11.7 Å². The van der Waals surface area contributed by atoms with Gasteiger partial charge in [-0.15, -0.1) is 0 Å². The third-order valence-electron chi connectivity index (χ3n) is 3.76. The minimum Gasteiger partial charge on any atom is -0.337 e. The number of aryl methyl sites for hydroxylation is 1. The van der Waals surface area contributed by atoms with E-state index in [-0.39, 0.29) is 0 Å². The molecule has 0 saturated heterocycles. The van der Waals surface area contributed by atoms with Crippen molar-refractivity contribution in [3.05, 3.63) is 63.4 Å². The number of aromatic amines is 1. The number of nitrogens with zero attached hydrogens (tertiary/aromatic N) is 2. The molecule has 25 heavy (non-hydrogen) atoms. The molecule has 0 aliphatic heterocycles. The number of halogens is 1. The Bertz CT molecular complexity index is 802. The fourth-order valence-corrected chi connectivity index (χ4v) is 2.41. The van der Waals surface area contributed by atoms with E-state index in [0.29, 0.717) is 17.3 Å². The fraction of sp³-hybridized carbons (Fsp3) is 0.412. The Kier molecular flexibility index (Phi) is 7.06.